The molecular weight excluding hydrogens is 262 g/mol. The molecule has 0 spiro atoms. The molecule has 0 aromatic heterocycles. The molecule has 0 heterocycles. The standard InChI is InChI=1S/C18H29NO2/c1-4-14-6-5-7-17(10-14)21-13-16(20)12-19-15-8-9-18(2,3)11-15/h5-7,10,15-16,19-20H,4,8-9,11-13H2,1-3H3. The highest BCUT2D eigenvalue weighted by Crippen LogP contribution is 2.36. The van der Waals surface area contributed by atoms with Gasteiger partial charge in [0.05, 0.1) is 0 Å². The first-order valence-corrected chi connectivity index (χ1v) is 8.12. The van der Waals surface area contributed by atoms with Crippen LogP contribution < -0.4 is 10.1 Å². The van der Waals surface area contributed by atoms with Crippen molar-refractivity contribution in [1.82, 2.24) is 5.32 Å². The lowest BCUT2D eigenvalue weighted by Crippen LogP contribution is -2.37. The average molecular weight is 291 g/mol. The fourth-order valence-corrected chi connectivity index (χ4v) is 3.02. The minimum Gasteiger partial charge on any atom is -0.491 e. The van der Waals surface area contributed by atoms with Crippen molar-refractivity contribution in [3.8, 4) is 5.75 Å². The van der Waals surface area contributed by atoms with E-state index in [0.29, 0.717) is 24.6 Å². The van der Waals surface area contributed by atoms with Gasteiger partial charge in [0.25, 0.3) is 0 Å². The molecule has 118 valence electrons. The lowest BCUT2D eigenvalue weighted by molar-refractivity contribution is 0.103. The summed E-state index contributed by atoms with van der Waals surface area (Å²) in [5, 5.41) is 13.5. The number of hydrogen-bond acceptors (Lipinski definition) is 3. The first kappa shape index (κ1) is 16.3. The molecule has 0 amide bonds. The van der Waals surface area contributed by atoms with Crippen LogP contribution in [0.5, 0.6) is 5.75 Å². The molecule has 0 aliphatic heterocycles. The van der Waals surface area contributed by atoms with Gasteiger partial charge in [0.2, 0.25) is 0 Å². The van der Waals surface area contributed by atoms with Crippen LogP contribution in [0.15, 0.2) is 24.3 Å². The highest BCUT2D eigenvalue weighted by Gasteiger charge is 2.30. The molecule has 1 fully saturated rings. The Morgan fingerprint density at radius 1 is 1.43 bits per heavy atom. The van der Waals surface area contributed by atoms with Crippen molar-refractivity contribution in [3.63, 3.8) is 0 Å². The van der Waals surface area contributed by atoms with Crippen LogP contribution in [0.2, 0.25) is 0 Å². The van der Waals surface area contributed by atoms with Crippen molar-refractivity contribution < 1.29 is 9.84 Å². The molecule has 3 heteroatoms. The van der Waals surface area contributed by atoms with E-state index >= 15 is 0 Å². The second kappa shape index (κ2) is 7.28. The number of rotatable bonds is 7. The largest absolute Gasteiger partial charge is 0.491 e. The van der Waals surface area contributed by atoms with Gasteiger partial charge in [-0.05, 0) is 48.8 Å². The molecule has 0 bridgehead atoms. The fourth-order valence-electron chi connectivity index (χ4n) is 3.02. The lowest BCUT2D eigenvalue weighted by Gasteiger charge is -2.19. The predicted molar refractivity (Wildman–Crippen MR) is 86.7 cm³/mol. The Hall–Kier alpha value is -1.06. The minimum absolute atomic E-state index is 0.344. The van der Waals surface area contributed by atoms with E-state index in [9.17, 15) is 5.11 Å². The molecular formula is C18H29NO2. The summed E-state index contributed by atoms with van der Waals surface area (Å²) in [6.07, 6.45) is 4.21. The molecule has 1 aliphatic carbocycles. The molecule has 1 aromatic rings. The molecule has 2 unspecified atom stereocenters. The third-order valence-electron chi connectivity index (χ3n) is 4.36. The van der Waals surface area contributed by atoms with E-state index < -0.39 is 6.10 Å². The van der Waals surface area contributed by atoms with Crippen LogP contribution in [0.4, 0.5) is 0 Å². The van der Waals surface area contributed by atoms with Crippen LogP contribution in [0.25, 0.3) is 0 Å². The van der Waals surface area contributed by atoms with E-state index in [0.717, 1.165) is 12.2 Å². The Labute approximate surface area is 128 Å². The van der Waals surface area contributed by atoms with Gasteiger partial charge >= 0.3 is 0 Å². The maximum absolute atomic E-state index is 10.0. The van der Waals surface area contributed by atoms with Gasteiger partial charge in [-0.15, -0.1) is 0 Å². The van der Waals surface area contributed by atoms with Crippen molar-refractivity contribution in [1.29, 1.82) is 0 Å². The summed E-state index contributed by atoms with van der Waals surface area (Å²) in [5.74, 6) is 0.843. The summed E-state index contributed by atoms with van der Waals surface area (Å²) in [6.45, 7) is 7.70. The highest BCUT2D eigenvalue weighted by atomic mass is 16.5. The first-order chi connectivity index (χ1) is 9.98. The summed E-state index contributed by atoms with van der Waals surface area (Å²) >= 11 is 0. The molecule has 0 radical (unpaired) electrons. The van der Waals surface area contributed by atoms with E-state index in [4.69, 9.17) is 4.74 Å². The molecule has 1 aliphatic rings. The molecule has 21 heavy (non-hydrogen) atoms. The van der Waals surface area contributed by atoms with E-state index in [1.54, 1.807) is 0 Å². The van der Waals surface area contributed by atoms with Crippen molar-refractivity contribution in [3.05, 3.63) is 29.8 Å². The molecule has 0 saturated heterocycles. The molecule has 2 N–H and O–H groups in total. The zero-order valence-corrected chi connectivity index (χ0v) is 13.6. The Morgan fingerprint density at radius 3 is 2.90 bits per heavy atom. The van der Waals surface area contributed by atoms with Crippen LogP contribution in [0, 0.1) is 5.41 Å². The Kier molecular flexibility index (Phi) is 5.65. The number of ether oxygens (including phenoxy) is 1. The third-order valence-corrected chi connectivity index (χ3v) is 4.36. The number of hydrogen-bond donors (Lipinski definition) is 2. The van der Waals surface area contributed by atoms with Gasteiger partial charge in [-0.1, -0.05) is 32.9 Å². The molecule has 3 nitrogen and oxygen atoms in total. The highest BCUT2D eigenvalue weighted by molar-refractivity contribution is 5.28. The lowest BCUT2D eigenvalue weighted by atomic mass is 9.92. The number of nitrogens with one attached hydrogen (secondary N) is 1. The minimum atomic E-state index is -0.459. The van der Waals surface area contributed by atoms with Gasteiger partial charge in [0.1, 0.15) is 18.5 Å². The summed E-state index contributed by atoms with van der Waals surface area (Å²) in [5.41, 5.74) is 1.70. The van der Waals surface area contributed by atoms with Crippen LogP contribution >= 0.6 is 0 Å². The van der Waals surface area contributed by atoms with Crippen LogP contribution in [-0.2, 0) is 6.42 Å². The first-order valence-electron chi connectivity index (χ1n) is 8.12. The number of aliphatic hydroxyl groups is 1. The topological polar surface area (TPSA) is 41.5 Å². The number of aryl methyl sites for hydroxylation is 1. The number of aliphatic hydroxyl groups excluding tert-OH is 1. The molecule has 2 atom stereocenters. The quantitative estimate of drug-likeness (QED) is 0.811. The summed E-state index contributed by atoms with van der Waals surface area (Å²) in [6, 6.07) is 8.61. The smallest absolute Gasteiger partial charge is 0.119 e. The van der Waals surface area contributed by atoms with E-state index in [1.807, 2.05) is 18.2 Å². The predicted octanol–water partition coefficient (Wildman–Crippen LogP) is 3.16. The average Bonchev–Trinajstić information content (AvgIpc) is 2.82. The van der Waals surface area contributed by atoms with Gasteiger partial charge in [-0.2, -0.15) is 0 Å². The summed E-state index contributed by atoms with van der Waals surface area (Å²) < 4.78 is 5.68. The second-order valence-corrected chi connectivity index (χ2v) is 6.98. The van der Waals surface area contributed by atoms with Gasteiger partial charge in [0.15, 0.2) is 0 Å². The van der Waals surface area contributed by atoms with Crippen molar-refractivity contribution >= 4 is 0 Å². The van der Waals surface area contributed by atoms with E-state index in [1.165, 1.54) is 24.8 Å². The Morgan fingerprint density at radius 2 is 2.24 bits per heavy atom. The Balaban J connectivity index is 1.69. The van der Waals surface area contributed by atoms with E-state index in [-0.39, 0.29) is 0 Å². The summed E-state index contributed by atoms with van der Waals surface area (Å²) in [4.78, 5) is 0. The van der Waals surface area contributed by atoms with Gasteiger partial charge in [-0.25, -0.2) is 0 Å². The van der Waals surface area contributed by atoms with Crippen LogP contribution in [0.3, 0.4) is 0 Å². The Bertz CT molecular complexity index is 445. The maximum Gasteiger partial charge on any atom is 0.119 e. The fraction of sp³-hybridized carbons (Fsp3) is 0.667. The number of benzene rings is 1. The third kappa shape index (κ3) is 5.33. The van der Waals surface area contributed by atoms with Crippen LogP contribution in [-0.4, -0.2) is 30.4 Å². The van der Waals surface area contributed by atoms with Crippen molar-refractivity contribution in [2.24, 2.45) is 5.41 Å². The van der Waals surface area contributed by atoms with Gasteiger partial charge < -0.3 is 15.2 Å². The van der Waals surface area contributed by atoms with Gasteiger partial charge in [-0.3, -0.25) is 0 Å². The maximum atomic E-state index is 10.0. The van der Waals surface area contributed by atoms with Gasteiger partial charge in [0, 0.05) is 12.6 Å². The van der Waals surface area contributed by atoms with Crippen molar-refractivity contribution in [2.75, 3.05) is 13.2 Å². The monoisotopic (exact) mass is 291 g/mol. The molecule has 2 rings (SSSR count). The van der Waals surface area contributed by atoms with Crippen molar-refractivity contribution in [2.45, 2.75) is 58.6 Å². The van der Waals surface area contributed by atoms with E-state index in [2.05, 4.69) is 32.2 Å². The molecule has 1 aromatic carbocycles. The SMILES string of the molecule is CCc1cccc(OCC(O)CNC2CCC(C)(C)C2)c1. The zero-order chi connectivity index (χ0) is 15.3. The van der Waals surface area contributed by atoms with Crippen LogP contribution in [0.1, 0.15) is 45.6 Å². The normalized spacial score (nSPS) is 22.2. The summed E-state index contributed by atoms with van der Waals surface area (Å²) in [7, 11) is 0. The molecule has 1 saturated carbocycles. The zero-order valence-electron chi connectivity index (χ0n) is 13.6. The second-order valence-electron chi connectivity index (χ2n) is 6.98.